The monoisotopic (exact) mass is 478 g/mol. The molecule has 0 saturated carbocycles. The van der Waals surface area contributed by atoms with Gasteiger partial charge in [0.2, 0.25) is 0 Å². The van der Waals surface area contributed by atoms with E-state index >= 15 is 0 Å². The van der Waals surface area contributed by atoms with Gasteiger partial charge in [-0.2, -0.15) is 0 Å². The molecular weight excluding hydrogens is 459 g/mol. The van der Waals surface area contributed by atoms with E-state index in [1.165, 1.54) is 0 Å². The Hall–Kier alpha value is -2.86. The number of halogens is 2. The zero-order chi connectivity index (χ0) is 22.2. The minimum absolute atomic E-state index is 0.121. The Kier molecular flexibility index (Phi) is 5.64. The van der Waals surface area contributed by atoms with E-state index in [-0.39, 0.29) is 12.1 Å². The van der Waals surface area contributed by atoms with Crippen LogP contribution in [0, 0.1) is 6.92 Å². The molecule has 160 valence electrons. The van der Waals surface area contributed by atoms with Crippen molar-refractivity contribution in [1.29, 1.82) is 0 Å². The smallest absolute Gasteiger partial charge is 0.174 e. The first-order valence-corrected chi connectivity index (χ1v) is 11.4. The lowest BCUT2D eigenvalue weighted by Gasteiger charge is -2.29. The number of benzene rings is 2. The molecule has 7 heteroatoms. The van der Waals surface area contributed by atoms with Gasteiger partial charge in [0.15, 0.2) is 5.11 Å². The van der Waals surface area contributed by atoms with Gasteiger partial charge in [-0.3, -0.25) is 4.98 Å². The number of nitrogens with zero attached hydrogens (tertiary/aromatic N) is 3. The summed E-state index contributed by atoms with van der Waals surface area (Å²) in [6.45, 7) is 2.01. The number of anilines is 1. The quantitative estimate of drug-likeness (QED) is 0.332. The summed E-state index contributed by atoms with van der Waals surface area (Å²) < 4.78 is 2.18. The molecule has 32 heavy (non-hydrogen) atoms. The van der Waals surface area contributed by atoms with Crippen LogP contribution in [-0.2, 0) is 0 Å². The van der Waals surface area contributed by atoms with E-state index in [9.17, 15) is 0 Å². The molecule has 5 rings (SSSR count). The molecule has 0 radical (unpaired) electrons. The minimum atomic E-state index is -0.124. The number of hydrogen-bond donors (Lipinski definition) is 1. The van der Waals surface area contributed by atoms with Gasteiger partial charge in [-0.15, -0.1) is 0 Å². The summed E-state index contributed by atoms with van der Waals surface area (Å²) in [5.74, 6) is 0. The van der Waals surface area contributed by atoms with Gasteiger partial charge in [-0.05, 0) is 91.4 Å². The number of nitrogens with one attached hydrogen (secondary N) is 1. The molecule has 2 aromatic heterocycles. The minimum Gasteiger partial charge on any atom is -0.351 e. The van der Waals surface area contributed by atoms with Crippen LogP contribution in [0.4, 0.5) is 5.69 Å². The van der Waals surface area contributed by atoms with Crippen LogP contribution in [0.15, 0.2) is 85.2 Å². The van der Waals surface area contributed by atoms with Gasteiger partial charge in [0.05, 0.1) is 11.7 Å². The Morgan fingerprint density at radius 3 is 2.44 bits per heavy atom. The maximum absolute atomic E-state index is 6.28. The summed E-state index contributed by atoms with van der Waals surface area (Å²) in [5.41, 5.74) is 5.05. The van der Waals surface area contributed by atoms with Crippen molar-refractivity contribution in [3.8, 4) is 5.69 Å². The molecule has 0 spiro atoms. The summed E-state index contributed by atoms with van der Waals surface area (Å²) in [5, 5.41) is 5.58. The average molecular weight is 479 g/mol. The molecule has 2 atom stereocenters. The highest BCUT2D eigenvalue weighted by Crippen LogP contribution is 2.42. The van der Waals surface area contributed by atoms with Crippen LogP contribution in [0.25, 0.3) is 5.69 Å². The van der Waals surface area contributed by atoms with Crippen molar-refractivity contribution >= 4 is 46.2 Å². The van der Waals surface area contributed by atoms with Crippen molar-refractivity contribution in [2.45, 2.75) is 19.0 Å². The number of thiocarbonyl (C=S) groups is 1. The molecule has 1 aliphatic heterocycles. The molecule has 4 aromatic rings. The summed E-state index contributed by atoms with van der Waals surface area (Å²) in [6.07, 6.45) is 3.87. The van der Waals surface area contributed by atoms with Gasteiger partial charge in [-0.1, -0.05) is 29.3 Å². The van der Waals surface area contributed by atoms with Gasteiger partial charge >= 0.3 is 0 Å². The third-order valence-electron chi connectivity index (χ3n) is 5.71. The van der Waals surface area contributed by atoms with Crippen molar-refractivity contribution in [3.05, 3.63) is 112 Å². The van der Waals surface area contributed by atoms with Gasteiger partial charge in [-0.25, -0.2) is 0 Å². The van der Waals surface area contributed by atoms with Gasteiger partial charge in [0.25, 0.3) is 0 Å². The van der Waals surface area contributed by atoms with E-state index in [0.717, 1.165) is 33.3 Å². The van der Waals surface area contributed by atoms with Crippen molar-refractivity contribution < 1.29 is 0 Å². The highest BCUT2D eigenvalue weighted by Gasteiger charge is 2.42. The first-order valence-electron chi connectivity index (χ1n) is 10.2. The van der Waals surface area contributed by atoms with Crippen LogP contribution in [0.5, 0.6) is 0 Å². The SMILES string of the molecule is Cc1cc(-n2cccc2C2C(c3ccccn3)NC(=S)N2c2ccc(Cl)cc2)ccc1Cl. The Morgan fingerprint density at radius 1 is 0.938 bits per heavy atom. The zero-order valence-corrected chi connectivity index (χ0v) is 19.6. The summed E-state index contributed by atoms with van der Waals surface area (Å²) in [6, 6.07) is 23.7. The third-order valence-corrected chi connectivity index (χ3v) is 6.70. The highest BCUT2D eigenvalue weighted by molar-refractivity contribution is 7.80. The fraction of sp³-hybridized carbons (Fsp3) is 0.120. The standard InChI is InChI=1S/C25H20Cl2N4S/c1-16-15-19(11-12-20(16)27)30-14-4-6-22(30)24-23(21-5-2-3-13-28-21)29-25(32)31(24)18-9-7-17(26)8-10-18/h2-15,23-24H,1H3,(H,29,32). The van der Waals surface area contributed by atoms with Crippen molar-refractivity contribution in [2.75, 3.05) is 4.90 Å². The molecule has 0 amide bonds. The second-order valence-electron chi connectivity index (χ2n) is 7.71. The third kappa shape index (κ3) is 3.77. The maximum atomic E-state index is 6.28. The van der Waals surface area contributed by atoms with Crippen molar-refractivity contribution in [1.82, 2.24) is 14.9 Å². The molecule has 1 fully saturated rings. The van der Waals surface area contributed by atoms with E-state index < -0.39 is 0 Å². The van der Waals surface area contributed by atoms with Crippen LogP contribution in [0.3, 0.4) is 0 Å². The molecule has 3 heterocycles. The molecule has 1 saturated heterocycles. The van der Waals surface area contributed by atoms with Crippen LogP contribution in [0.1, 0.15) is 29.0 Å². The van der Waals surface area contributed by atoms with Gasteiger partial charge < -0.3 is 14.8 Å². The number of aromatic nitrogens is 2. The Balaban J connectivity index is 1.67. The highest BCUT2D eigenvalue weighted by atomic mass is 35.5. The van der Waals surface area contributed by atoms with Gasteiger partial charge in [0, 0.05) is 39.5 Å². The van der Waals surface area contributed by atoms with Gasteiger partial charge in [0.1, 0.15) is 6.04 Å². The first kappa shape index (κ1) is 21.0. The van der Waals surface area contributed by atoms with E-state index in [4.69, 9.17) is 35.4 Å². The van der Waals surface area contributed by atoms with Crippen LogP contribution in [-0.4, -0.2) is 14.7 Å². The number of hydrogen-bond acceptors (Lipinski definition) is 2. The Labute approximate surface area is 202 Å². The molecule has 1 N–H and O–H groups in total. The van der Waals surface area contributed by atoms with Crippen LogP contribution < -0.4 is 10.2 Å². The summed E-state index contributed by atoms with van der Waals surface area (Å²) in [7, 11) is 0. The van der Waals surface area contributed by atoms with E-state index in [2.05, 4.69) is 44.2 Å². The predicted octanol–water partition coefficient (Wildman–Crippen LogP) is 6.66. The maximum Gasteiger partial charge on any atom is 0.174 e. The van der Waals surface area contributed by atoms with E-state index in [1.54, 1.807) is 0 Å². The van der Waals surface area contributed by atoms with Crippen molar-refractivity contribution in [2.24, 2.45) is 0 Å². The topological polar surface area (TPSA) is 33.1 Å². The second kappa shape index (κ2) is 8.58. The van der Waals surface area contributed by atoms with Crippen molar-refractivity contribution in [3.63, 3.8) is 0 Å². The molecule has 4 nitrogen and oxygen atoms in total. The normalized spacial score (nSPS) is 18.1. The van der Waals surface area contributed by atoms with Crippen LogP contribution in [0.2, 0.25) is 10.0 Å². The molecular formula is C25H20Cl2N4S. The molecule has 2 aromatic carbocycles. The van der Waals surface area contributed by atoms with E-state index in [0.29, 0.717) is 10.1 Å². The number of pyridine rings is 1. The molecule has 0 bridgehead atoms. The lowest BCUT2D eigenvalue weighted by atomic mass is 10.0. The Bertz CT molecular complexity index is 1270. The average Bonchev–Trinajstić information content (AvgIpc) is 3.41. The first-order chi connectivity index (χ1) is 15.5. The molecule has 1 aliphatic rings. The lowest BCUT2D eigenvalue weighted by Crippen LogP contribution is -2.30. The van der Waals surface area contributed by atoms with Crippen LogP contribution >= 0.6 is 35.4 Å². The summed E-state index contributed by atoms with van der Waals surface area (Å²) >= 11 is 18.2. The lowest BCUT2D eigenvalue weighted by molar-refractivity contribution is 0.549. The summed E-state index contributed by atoms with van der Waals surface area (Å²) in [4.78, 5) is 6.77. The largest absolute Gasteiger partial charge is 0.351 e. The fourth-order valence-corrected chi connectivity index (χ4v) is 4.77. The molecule has 2 unspecified atom stereocenters. The number of rotatable bonds is 4. The zero-order valence-electron chi connectivity index (χ0n) is 17.2. The Morgan fingerprint density at radius 2 is 1.72 bits per heavy atom. The second-order valence-corrected chi connectivity index (χ2v) is 8.94. The predicted molar refractivity (Wildman–Crippen MR) is 135 cm³/mol. The fourth-order valence-electron chi connectivity index (χ4n) is 4.18. The van der Waals surface area contributed by atoms with E-state index in [1.807, 2.05) is 67.7 Å². The molecule has 0 aliphatic carbocycles. The number of aryl methyl sites for hydroxylation is 1.